The van der Waals surface area contributed by atoms with Gasteiger partial charge in [0.25, 0.3) is 5.91 Å². The first-order valence-corrected chi connectivity index (χ1v) is 9.98. The molecule has 1 saturated carbocycles. The standard InChI is InChI=1S/C20H20N2O4S/c1-12-4-7-27-17(12)19(24)22-6-5-20(10-22)9-14(20)18(23)21-13-2-3-15-16(8-13)26-11-25-15/h2-4,7-8,14H,5-6,9-11H2,1H3,(H,21,23)/t14-,20+/m1/s1. The van der Waals surface area contributed by atoms with E-state index in [0.29, 0.717) is 23.7 Å². The van der Waals surface area contributed by atoms with Crippen molar-refractivity contribution < 1.29 is 19.1 Å². The number of anilines is 1. The van der Waals surface area contributed by atoms with Crippen molar-refractivity contribution in [3.8, 4) is 11.5 Å². The highest BCUT2D eigenvalue weighted by Gasteiger charge is 2.61. The molecule has 2 fully saturated rings. The van der Waals surface area contributed by atoms with E-state index in [1.165, 1.54) is 11.3 Å². The smallest absolute Gasteiger partial charge is 0.264 e. The SMILES string of the molecule is Cc1ccsc1C(=O)N1CC[C@]2(C[C@@H]2C(=O)Nc2ccc3c(c2)OCO3)C1. The molecule has 1 saturated heterocycles. The second-order valence-electron chi connectivity index (χ2n) is 7.59. The number of amides is 2. The van der Waals surface area contributed by atoms with E-state index in [1.54, 1.807) is 12.1 Å². The highest BCUT2D eigenvalue weighted by Crippen LogP contribution is 2.59. The molecule has 3 aliphatic rings. The Balaban J connectivity index is 1.23. The monoisotopic (exact) mass is 384 g/mol. The van der Waals surface area contributed by atoms with E-state index in [0.717, 1.165) is 29.8 Å². The van der Waals surface area contributed by atoms with E-state index in [1.807, 2.05) is 29.3 Å². The lowest BCUT2D eigenvalue weighted by Gasteiger charge is -2.16. The summed E-state index contributed by atoms with van der Waals surface area (Å²) in [4.78, 5) is 28.2. The largest absolute Gasteiger partial charge is 0.454 e. The molecule has 1 aliphatic carbocycles. The van der Waals surface area contributed by atoms with Crippen molar-refractivity contribution in [3.05, 3.63) is 40.1 Å². The summed E-state index contributed by atoms with van der Waals surface area (Å²) in [6, 6.07) is 7.40. The minimum Gasteiger partial charge on any atom is -0.454 e. The molecule has 27 heavy (non-hydrogen) atoms. The number of thiophene rings is 1. The number of rotatable bonds is 3. The number of likely N-dealkylation sites (tertiary alicyclic amines) is 1. The number of carbonyl (C=O) groups excluding carboxylic acids is 2. The molecule has 2 atom stereocenters. The summed E-state index contributed by atoms with van der Waals surface area (Å²) in [7, 11) is 0. The van der Waals surface area contributed by atoms with Crippen LogP contribution in [0, 0.1) is 18.3 Å². The predicted octanol–water partition coefficient (Wildman–Crippen LogP) is 3.28. The van der Waals surface area contributed by atoms with Crippen LogP contribution in [0.1, 0.15) is 28.1 Å². The lowest BCUT2D eigenvalue weighted by molar-refractivity contribution is -0.118. The summed E-state index contributed by atoms with van der Waals surface area (Å²) < 4.78 is 10.7. The molecule has 2 aliphatic heterocycles. The van der Waals surface area contributed by atoms with Gasteiger partial charge in [0.2, 0.25) is 12.7 Å². The van der Waals surface area contributed by atoms with E-state index >= 15 is 0 Å². The molecule has 0 bridgehead atoms. The Morgan fingerprint density at radius 1 is 1.26 bits per heavy atom. The van der Waals surface area contributed by atoms with Crippen LogP contribution < -0.4 is 14.8 Å². The van der Waals surface area contributed by atoms with Crippen LogP contribution in [0.5, 0.6) is 11.5 Å². The maximum Gasteiger partial charge on any atom is 0.264 e. The molecule has 1 aromatic carbocycles. The summed E-state index contributed by atoms with van der Waals surface area (Å²) in [5, 5.41) is 4.94. The Hall–Kier alpha value is -2.54. The average molecular weight is 384 g/mol. The van der Waals surface area contributed by atoms with Crippen LogP contribution in [0.4, 0.5) is 5.69 Å². The summed E-state index contributed by atoms with van der Waals surface area (Å²) >= 11 is 1.49. The van der Waals surface area contributed by atoms with Gasteiger partial charge in [-0.2, -0.15) is 0 Å². The Bertz CT molecular complexity index is 940. The third kappa shape index (κ3) is 2.77. The minimum absolute atomic E-state index is 0.0236. The molecule has 6 nitrogen and oxygen atoms in total. The number of nitrogens with one attached hydrogen (secondary N) is 1. The number of nitrogens with zero attached hydrogens (tertiary/aromatic N) is 1. The molecule has 7 heteroatoms. The molecular formula is C20H20N2O4S. The molecule has 3 heterocycles. The Morgan fingerprint density at radius 2 is 2.11 bits per heavy atom. The summed E-state index contributed by atoms with van der Waals surface area (Å²) in [6.07, 6.45) is 1.74. The number of carbonyl (C=O) groups is 2. The Labute approximate surface area is 161 Å². The zero-order valence-electron chi connectivity index (χ0n) is 15.0. The molecule has 2 amide bonds. The predicted molar refractivity (Wildman–Crippen MR) is 101 cm³/mol. The van der Waals surface area contributed by atoms with Crippen molar-refractivity contribution in [2.75, 3.05) is 25.2 Å². The lowest BCUT2D eigenvalue weighted by Crippen LogP contribution is -2.29. The minimum atomic E-state index is -0.0543. The van der Waals surface area contributed by atoms with Gasteiger partial charge in [-0.3, -0.25) is 9.59 Å². The molecule has 0 unspecified atom stereocenters. The highest BCUT2D eigenvalue weighted by molar-refractivity contribution is 7.12. The van der Waals surface area contributed by atoms with Crippen molar-refractivity contribution in [3.63, 3.8) is 0 Å². The fourth-order valence-corrected chi connectivity index (χ4v) is 5.07. The first-order chi connectivity index (χ1) is 13.1. The lowest BCUT2D eigenvalue weighted by atomic mass is 10.0. The van der Waals surface area contributed by atoms with E-state index in [4.69, 9.17) is 9.47 Å². The van der Waals surface area contributed by atoms with Gasteiger partial charge in [0.15, 0.2) is 11.5 Å². The summed E-state index contributed by atoms with van der Waals surface area (Å²) in [5.41, 5.74) is 1.69. The Kier molecular flexibility index (Phi) is 3.69. The average Bonchev–Trinajstić information content (AvgIpc) is 3.05. The molecule has 2 aromatic rings. The first kappa shape index (κ1) is 16.6. The molecule has 5 rings (SSSR count). The maximum absolute atomic E-state index is 12.7. The van der Waals surface area contributed by atoms with Gasteiger partial charge in [-0.1, -0.05) is 0 Å². The van der Waals surface area contributed by atoms with Crippen molar-refractivity contribution in [1.82, 2.24) is 4.90 Å². The van der Waals surface area contributed by atoms with E-state index in [9.17, 15) is 9.59 Å². The number of aryl methyl sites for hydroxylation is 1. The first-order valence-electron chi connectivity index (χ1n) is 9.10. The number of hydrogen-bond donors (Lipinski definition) is 1. The van der Waals surface area contributed by atoms with Crippen LogP contribution in [0.2, 0.25) is 0 Å². The van der Waals surface area contributed by atoms with Gasteiger partial charge < -0.3 is 19.7 Å². The van der Waals surface area contributed by atoms with Crippen LogP contribution in [0.25, 0.3) is 0 Å². The summed E-state index contributed by atoms with van der Waals surface area (Å²) in [6.45, 7) is 3.58. The maximum atomic E-state index is 12.7. The molecule has 1 spiro atoms. The molecular weight excluding hydrogens is 364 g/mol. The number of benzene rings is 1. The zero-order valence-corrected chi connectivity index (χ0v) is 15.8. The van der Waals surface area contributed by atoms with Crippen molar-refractivity contribution in [2.45, 2.75) is 19.8 Å². The van der Waals surface area contributed by atoms with E-state index < -0.39 is 0 Å². The molecule has 140 valence electrons. The molecule has 1 aromatic heterocycles. The highest BCUT2D eigenvalue weighted by atomic mass is 32.1. The fourth-order valence-electron chi connectivity index (χ4n) is 4.18. The van der Waals surface area contributed by atoms with Gasteiger partial charge in [0.05, 0.1) is 4.88 Å². The van der Waals surface area contributed by atoms with Crippen molar-refractivity contribution >= 4 is 28.8 Å². The second kappa shape index (κ2) is 5.99. The van der Waals surface area contributed by atoms with Gasteiger partial charge in [-0.15, -0.1) is 11.3 Å². The number of fused-ring (bicyclic) bond motifs is 1. The van der Waals surface area contributed by atoms with Gasteiger partial charge >= 0.3 is 0 Å². The van der Waals surface area contributed by atoms with Crippen molar-refractivity contribution in [1.29, 1.82) is 0 Å². The molecule has 1 N–H and O–H groups in total. The number of hydrogen-bond acceptors (Lipinski definition) is 5. The molecule has 0 radical (unpaired) electrons. The van der Waals surface area contributed by atoms with Gasteiger partial charge in [-0.05, 0) is 48.9 Å². The third-order valence-corrected chi connectivity index (χ3v) is 6.88. The van der Waals surface area contributed by atoms with Crippen molar-refractivity contribution in [2.24, 2.45) is 11.3 Å². The topological polar surface area (TPSA) is 67.9 Å². The van der Waals surface area contributed by atoms with Crippen LogP contribution in [0.3, 0.4) is 0 Å². The van der Waals surface area contributed by atoms with Crippen LogP contribution in [-0.4, -0.2) is 36.6 Å². The fraction of sp³-hybridized carbons (Fsp3) is 0.400. The van der Waals surface area contributed by atoms with Gasteiger partial charge in [0.1, 0.15) is 0 Å². The quantitative estimate of drug-likeness (QED) is 0.882. The summed E-state index contributed by atoms with van der Waals surface area (Å²) in [5.74, 6) is 1.44. The van der Waals surface area contributed by atoms with E-state index in [-0.39, 0.29) is 29.9 Å². The number of ether oxygens (including phenoxy) is 2. The van der Waals surface area contributed by atoms with Gasteiger partial charge in [-0.25, -0.2) is 0 Å². The zero-order chi connectivity index (χ0) is 18.6. The normalized spacial score (nSPS) is 25.1. The Morgan fingerprint density at radius 3 is 2.93 bits per heavy atom. The van der Waals surface area contributed by atoms with Crippen LogP contribution in [0.15, 0.2) is 29.6 Å². The second-order valence-corrected chi connectivity index (χ2v) is 8.50. The van der Waals surface area contributed by atoms with E-state index in [2.05, 4.69) is 5.32 Å². The van der Waals surface area contributed by atoms with Crippen LogP contribution >= 0.6 is 11.3 Å². The third-order valence-electron chi connectivity index (χ3n) is 5.88. The van der Waals surface area contributed by atoms with Gasteiger partial charge in [0, 0.05) is 36.2 Å². The van der Waals surface area contributed by atoms with Crippen LogP contribution in [-0.2, 0) is 4.79 Å².